The first-order chi connectivity index (χ1) is 20.1. The number of fused-ring (bicyclic) bond motifs is 10. The SMILES string of the molecule is C[C@]12CC[C@H]3[C@@H](CC[C@H]4C/C(=N\N=C5/CC[C@@]6(C)[C@@H](CC[C@@H]7[C@@H]6CC[C@]6(C)[C@H](O)CC[C@@H]76)C5)CC[C@@]43C)[C@H]1CC[C@@H]2O. The molecule has 8 aliphatic rings. The first kappa shape index (κ1) is 28.7. The summed E-state index contributed by atoms with van der Waals surface area (Å²) in [5.41, 5.74) is 4.08. The summed E-state index contributed by atoms with van der Waals surface area (Å²) in [6.07, 6.45) is 22.3. The van der Waals surface area contributed by atoms with Crippen molar-refractivity contribution >= 4 is 11.4 Å². The minimum atomic E-state index is -0.0642. The number of hydrogen-bond donors (Lipinski definition) is 2. The Labute approximate surface area is 256 Å². The molecular weight excluding hydrogens is 516 g/mol. The average molecular weight is 577 g/mol. The summed E-state index contributed by atoms with van der Waals surface area (Å²) < 4.78 is 0. The normalized spacial score (nSPS) is 58.9. The topological polar surface area (TPSA) is 65.2 Å². The van der Waals surface area contributed by atoms with Crippen molar-refractivity contribution in [2.45, 2.75) is 155 Å². The zero-order valence-electron chi connectivity index (χ0n) is 27.3. The van der Waals surface area contributed by atoms with E-state index in [2.05, 4.69) is 27.7 Å². The quantitative estimate of drug-likeness (QED) is 0.307. The predicted molar refractivity (Wildman–Crippen MR) is 170 cm³/mol. The minimum absolute atomic E-state index is 0.0642. The molecule has 234 valence electrons. The highest BCUT2D eigenvalue weighted by Crippen LogP contribution is 2.67. The van der Waals surface area contributed by atoms with Gasteiger partial charge in [-0.2, -0.15) is 10.2 Å². The lowest BCUT2D eigenvalue weighted by atomic mass is 9.45. The van der Waals surface area contributed by atoms with Gasteiger partial charge in [-0.25, -0.2) is 0 Å². The van der Waals surface area contributed by atoms with Gasteiger partial charge < -0.3 is 10.2 Å². The summed E-state index contributed by atoms with van der Waals surface area (Å²) in [6, 6.07) is 0. The summed E-state index contributed by atoms with van der Waals surface area (Å²) in [6.45, 7) is 10.1. The lowest BCUT2D eigenvalue weighted by Crippen LogP contribution is -2.54. The molecule has 4 nitrogen and oxygen atoms in total. The summed E-state index contributed by atoms with van der Waals surface area (Å²) in [5.74, 6) is 6.43. The van der Waals surface area contributed by atoms with Gasteiger partial charge >= 0.3 is 0 Å². The Morgan fingerprint density at radius 3 is 1.31 bits per heavy atom. The van der Waals surface area contributed by atoms with Crippen LogP contribution in [0.3, 0.4) is 0 Å². The van der Waals surface area contributed by atoms with Crippen LogP contribution in [0.5, 0.6) is 0 Å². The average Bonchev–Trinajstić information content (AvgIpc) is 3.46. The van der Waals surface area contributed by atoms with E-state index in [1.54, 1.807) is 0 Å². The van der Waals surface area contributed by atoms with Gasteiger partial charge in [0.15, 0.2) is 0 Å². The van der Waals surface area contributed by atoms with E-state index in [4.69, 9.17) is 10.2 Å². The van der Waals surface area contributed by atoms with Gasteiger partial charge in [-0.05, 0) is 185 Å². The molecule has 0 aromatic heterocycles. The zero-order valence-corrected chi connectivity index (χ0v) is 27.3. The number of aliphatic hydroxyl groups is 2. The maximum absolute atomic E-state index is 10.8. The van der Waals surface area contributed by atoms with E-state index in [1.807, 2.05) is 0 Å². The molecule has 0 saturated heterocycles. The van der Waals surface area contributed by atoms with Crippen molar-refractivity contribution in [3.63, 3.8) is 0 Å². The van der Waals surface area contributed by atoms with Gasteiger partial charge in [0, 0.05) is 11.4 Å². The number of aliphatic hydroxyl groups excluding tert-OH is 2. The van der Waals surface area contributed by atoms with Crippen molar-refractivity contribution in [3.05, 3.63) is 0 Å². The van der Waals surface area contributed by atoms with Crippen molar-refractivity contribution in [2.24, 2.45) is 79.2 Å². The second-order valence-corrected chi connectivity index (χ2v) is 18.3. The molecule has 14 atom stereocenters. The Kier molecular flexibility index (Phi) is 6.75. The summed E-state index contributed by atoms with van der Waals surface area (Å²) in [7, 11) is 0. The molecule has 0 aromatic rings. The Hall–Kier alpha value is -0.740. The maximum Gasteiger partial charge on any atom is 0.0596 e. The fraction of sp³-hybridized carbons (Fsp3) is 0.947. The summed E-state index contributed by atoms with van der Waals surface area (Å²) in [5, 5.41) is 31.7. The molecule has 0 aliphatic heterocycles. The molecule has 0 bridgehead atoms. The minimum Gasteiger partial charge on any atom is -0.393 e. The van der Waals surface area contributed by atoms with Crippen LogP contribution in [0.25, 0.3) is 0 Å². The summed E-state index contributed by atoms with van der Waals surface area (Å²) >= 11 is 0. The second-order valence-electron chi connectivity index (χ2n) is 18.3. The lowest BCUT2D eigenvalue weighted by molar-refractivity contribution is -0.112. The van der Waals surface area contributed by atoms with E-state index in [9.17, 15) is 10.2 Å². The molecule has 0 aromatic carbocycles. The van der Waals surface area contributed by atoms with Crippen molar-refractivity contribution in [2.75, 3.05) is 0 Å². The highest BCUT2D eigenvalue weighted by atomic mass is 16.3. The molecule has 42 heavy (non-hydrogen) atoms. The number of hydrogen-bond acceptors (Lipinski definition) is 4. The molecule has 0 spiro atoms. The predicted octanol–water partition coefficient (Wildman–Crippen LogP) is 8.59. The molecule has 8 rings (SSSR count). The first-order valence-electron chi connectivity index (χ1n) is 18.5. The molecule has 0 radical (unpaired) electrons. The van der Waals surface area contributed by atoms with Gasteiger partial charge in [-0.15, -0.1) is 0 Å². The fourth-order valence-electron chi connectivity index (χ4n) is 14.4. The Morgan fingerprint density at radius 2 is 0.881 bits per heavy atom. The van der Waals surface area contributed by atoms with Gasteiger partial charge in [0.2, 0.25) is 0 Å². The molecule has 8 saturated carbocycles. The maximum atomic E-state index is 10.8. The van der Waals surface area contributed by atoms with Crippen LogP contribution in [-0.2, 0) is 0 Å². The molecule has 4 heteroatoms. The molecule has 8 aliphatic carbocycles. The van der Waals surface area contributed by atoms with Crippen molar-refractivity contribution in [3.8, 4) is 0 Å². The largest absolute Gasteiger partial charge is 0.393 e. The van der Waals surface area contributed by atoms with Crippen LogP contribution < -0.4 is 0 Å². The fourth-order valence-corrected chi connectivity index (χ4v) is 14.4. The van der Waals surface area contributed by atoms with E-state index < -0.39 is 0 Å². The van der Waals surface area contributed by atoms with Crippen LogP contribution in [0.15, 0.2) is 10.2 Å². The smallest absolute Gasteiger partial charge is 0.0596 e. The van der Waals surface area contributed by atoms with Crippen LogP contribution in [0.1, 0.15) is 143 Å². The Bertz CT molecular complexity index is 1060. The van der Waals surface area contributed by atoms with E-state index in [1.165, 1.54) is 101 Å². The van der Waals surface area contributed by atoms with Gasteiger partial charge in [0.05, 0.1) is 12.2 Å². The van der Waals surface area contributed by atoms with E-state index in [-0.39, 0.29) is 23.0 Å². The third kappa shape index (κ3) is 3.97. The second kappa shape index (κ2) is 9.88. The summed E-state index contributed by atoms with van der Waals surface area (Å²) in [4.78, 5) is 0. The van der Waals surface area contributed by atoms with Crippen molar-refractivity contribution < 1.29 is 10.2 Å². The van der Waals surface area contributed by atoms with Gasteiger partial charge in [-0.1, -0.05) is 27.7 Å². The van der Waals surface area contributed by atoms with Crippen LogP contribution in [0.2, 0.25) is 0 Å². The highest BCUT2D eigenvalue weighted by Gasteiger charge is 2.61. The molecule has 2 N–H and O–H groups in total. The van der Waals surface area contributed by atoms with Crippen molar-refractivity contribution in [1.82, 2.24) is 0 Å². The standard InChI is InChI=1S/C38H60N2O2/c1-35-17-13-25(21-23(35)5-7-27-29-9-11-33(41)37(29,3)19-15-31(27)35)39-40-26-14-18-36(2)24(22-26)6-8-28-30-10-12-34(42)38(30,4)20-16-32(28)36/h23-24,27-34,41-42H,5-22H2,1-4H3/b39-25-,40-26+/t23-,24-,27-,28-,29+,30-,31-,32-,33-,34+,35-,36-,37-,38-/m0/s1. The first-order valence-corrected chi connectivity index (χ1v) is 18.5. The van der Waals surface area contributed by atoms with E-state index >= 15 is 0 Å². The van der Waals surface area contributed by atoms with Gasteiger partial charge in [-0.3, -0.25) is 0 Å². The third-order valence-electron chi connectivity index (χ3n) is 17.2. The Morgan fingerprint density at radius 1 is 0.476 bits per heavy atom. The zero-order chi connectivity index (χ0) is 29.1. The van der Waals surface area contributed by atoms with E-state index in [0.29, 0.717) is 10.8 Å². The Balaban J connectivity index is 0.928. The number of nitrogens with zero attached hydrogens (tertiary/aromatic N) is 2. The number of rotatable bonds is 1. The monoisotopic (exact) mass is 576 g/mol. The van der Waals surface area contributed by atoms with Crippen LogP contribution >= 0.6 is 0 Å². The highest BCUT2D eigenvalue weighted by molar-refractivity contribution is 5.89. The van der Waals surface area contributed by atoms with Crippen molar-refractivity contribution in [1.29, 1.82) is 0 Å². The van der Waals surface area contributed by atoms with E-state index in [0.717, 1.165) is 73.0 Å². The van der Waals surface area contributed by atoms with Crippen LogP contribution in [0, 0.1) is 69.0 Å². The lowest BCUT2D eigenvalue weighted by Gasteiger charge is -2.60. The third-order valence-corrected chi connectivity index (χ3v) is 17.2. The molecule has 0 heterocycles. The molecule has 0 amide bonds. The van der Waals surface area contributed by atoms with Gasteiger partial charge in [0.1, 0.15) is 0 Å². The van der Waals surface area contributed by atoms with Gasteiger partial charge in [0.25, 0.3) is 0 Å². The molecule has 8 fully saturated rings. The van der Waals surface area contributed by atoms with Crippen LogP contribution in [-0.4, -0.2) is 33.8 Å². The van der Waals surface area contributed by atoms with Crippen LogP contribution in [0.4, 0.5) is 0 Å². The molecule has 0 unspecified atom stereocenters. The molecular formula is C38H60N2O2.